The first kappa shape index (κ1) is 13.5. The van der Waals surface area contributed by atoms with Gasteiger partial charge < -0.3 is 14.8 Å². The van der Waals surface area contributed by atoms with E-state index < -0.39 is 11.4 Å². The van der Waals surface area contributed by atoms with Crippen LogP contribution in [0.5, 0.6) is 5.75 Å². The molecule has 0 saturated carbocycles. The van der Waals surface area contributed by atoms with E-state index in [4.69, 9.17) is 4.74 Å². The number of fused-ring (bicyclic) bond motifs is 1. The normalized spacial score (nSPS) is 11.8. The molecule has 19 heavy (non-hydrogen) atoms. The van der Waals surface area contributed by atoms with Gasteiger partial charge in [-0.15, -0.1) is 0 Å². The smallest absolute Gasteiger partial charge is 0.309 e. The molecule has 1 aromatic heterocycles. The second kappa shape index (κ2) is 4.61. The summed E-state index contributed by atoms with van der Waals surface area (Å²) in [6, 6.07) is 3.90. The molecule has 0 fully saturated rings. The fourth-order valence-corrected chi connectivity index (χ4v) is 2.32. The molecule has 2 rings (SSSR count). The van der Waals surface area contributed by atoms with E-state index in [1.54, 1.807) is 21.0 Å². The van der Waals surface area contributed by atoms with Crippen LogP contribution >= 0.6 is 0 Å². The van der Waals surface area contributed by atoms with Gasteiger partial charge in [-0.2, -0.15) is 0 Å². The number of rotatable bonds is 4. The number of benzene rings is 1. The second-order valence-electron chi connectivity index (χ2n) is 5.52. The van der Waals surface area contributed by atoms with E-state index >= 15 is 0 Å². The number of carbonyl (C=O) groups is 1. The molecule has 0 spiro atoms. The molecule has 102 valence electrons. The number of aromatic amines is 1. The van der Waals surface area contributed by atoms with Gasteiger partial charge >= 0.3 is 5.97 Å². The summed E-state index contributed by atoms with van der Waals surface area (Å²) in [4.78, 5) is 14.4. The average Bonchev–Trinajstić information content (AvgIpc) is 2.71. The average molecular weight is 261 g/mol. The molecular formula is C15H19NO3. The lowest BCUT2D eigenvalue weighted by Crippen LogP contribution is -2.26. The maximum Gasteiger partial charge on any atom is 0.309 e. The molecule has 0 saturated heterocycles. The molecule has 1 aromatic carbocycles. The molecule has 0 unspecified atom stereocenters. The molecule has 2 aromatic rings. The van der Waals surface area contributed by atoms with Gasteiger partial charge in [0.2, 0.25) is 0 Å². The summed E-state index contributed by atoms with van der Waals surface area (Å²) in [6.45, 7) is 5.46. The SMILES string of the molecule is COc1c(CC(C)(C)C(=O)O)ccc2[nH]cc(C)c12. The van der Waals surface area contributed by atoms with E-state index in [9.17, 15) is 9.90 Å². The zero-order chi connectivity index (χ0) is 14.2. The van der Waals surface area contributed by atoms with Crippen molar-refractivity contribution in [3.8, 4) is 5.75 Å². The first-order chi connectivity index (χ1) is 8.86. The van der Waals surface area contributed by atoms with Crippen molar-refractivity contribution < 1.29 is 14.6 Å². The van der Waals surface area contributed by atoms with Gasteiger partial charge in [0, 0.05) is 17.1 Å². The Hall–Kier alpha value is -1.97. The Bertz CT molecular complexity index is 626. The molecule has 0 aliphatic carbocycles. The van der Waals surface area contributed by atoms with Gasteiger partial charge in [-0.3, -0.25) is 4.79 Å². The minimum Gasteiger partial charge on any atom is -0.496 e. The third-order valence-electron chi connectivity index (χ3n) is 3.49. The van der Waals surface area contributed by atoms with Gasteiger partial charge in [0.25, 0.3) is 0 Å². The third kappa shape index (κ3) is 2.30. The number of nitrogens with one attached hydrogen (secondary N) is 1. The summed E-state index contributed by atoms with van der Waals surface area (Å²) >= 11 is 0. The van der Waals surface area contributed by atoms with Gasteiger partial charge in [0.05, 0.1) is 12.5 Å². The highest BCUT2D eigenvalue weighted by molar-refractivity contribution is 5.90. The number of hydrogen-bond donors (Lipinski definition) is 2. The standard InChI is InChI=1S/C15H19NO3/c1-9-8-16-11-6-5-10(13(19-4)12(9)11)7-15(2,3)14(17)18/h5-6,8,16H,7H2,1-4H3,(H,17,18). The van der Waals surface area contributed by atoms with Crippen molar-refractivity contribution in [1.29, 1.82) is 0 Å². The van der Waals surface area contributed by atoms with Crippen LogP contribution in [0.15, 0.2) is 18.3 Å². The summed E-state index contributed by atoms with van der Waals surface area (Å²) in [5, 5.41) is 10.3. The van der Waals surface area contributed by atoms with Crippen LogP contribution in [0.25, 0.3) is 10.9 Å². The fraction of sp³-hybridized carbons (Fsp3) is 0.400. The van der Waals surface area contributed by atoms with Crippen LogP contribution < -0.4 is 4.74 Å². The van der Waals surface area contributed by atoms with Crippen molar-refractivity contribution in [2.45, 2.75) is 27.2 Å². The number of carboxylic acids is 1. The van der Waals surface area contributed by atoms with Crippen LogP contribution in [0.3, 0.4) is 0 Å². The van der Waals surface area contributed by atoms with Gasteiger partial charge in [0.15, 0.2) is 0 Å². The molecule has 0 bridgehead atoms. The van der Waals surface area contributed by atoms with Crippen LogP contribution in [0.2, 0.25) is 0 Å². The van der Waals surface area contributed by atoms with E-state index in [1.165, 1.54) is 0 Å². The molecule has 1 heterocycles. The molecule has 0 atom stereocenters. The number of aliphatic carboxylic acids is 1. The monoisotopic (exact) mass is 261 g/mol. The van der Waals surface area contributed by atoms with Crippen molar-refractivity contribution in [3.05, 3.63) is 29.5 Å². The van der Waals surface area contributed by atoms with Crippen LogP contribution in [-0.2, 0) is 11.2 Å². The molecule has 0 radical (unpaired) electrons. The predicted octanol–water partition coefficient (Wildman–Crippen LogP) is 3.14. The summed E-state index contributed by atoms with van der Waals surface area (Å²) in [5.41, 5.74) is 2.21. The molecule has 2 N–H and O–H groups in total. The Morgan fingerprint density at radius 1 is 1.42 bits per heavy atom. The maximum absolute atomic E-state index is 11.3. The minimum absolute atomic E-state index is 0.437. The lowest BCUT2D eigenvalue weighted by atomic mass is 9.85. The van der Waals surface area contributed by atoms with Crippen LogP contribution in [0.4, 0.5) is 0 Å². The van der Waals surface area contributed by atoms with E-state index in [0.29, 0.717) is 6.42 Å². The summed E-state index contributed by atoms with van der Waals surface area (Å²) in [7, 11) is 1.62. The Balaban J connectivity index is 2.55. The number of aryl methyl sites for hydroxylation is 1. The molecular weight excluding hydrogens is 242 g/mol. The topological polar surface area (TPSA) is 62.3 Å². The first-order valence-corrected chi connectivity index (χ1v) is 6.24. The largest absolute Gasteiger partial charge is 0.496 e. The Morgan fingerprint density at radius 3 is 2.68 bits per heavy atom. The number of aromatic nitrogens is 1. The van der Waals surface area contributed by atoms with Gasteiger partial charge in [-0.05, 0) is 44.4 Å². The predicted molar refractivity (Wildman–Crippen MR) is 74.7 cm³/mol. The van der Waals surface area contributed by atoms with Gasteiger partial charge in [-0.1, -0.05) is 6.07 Å². The second-order valence-corrected chi connectivity index (χ2v) is 5.52. The zero-order valence-corrected chi connectivity index (χ0v) is 11.7. The summed E-state index contributed by atoms with van der Waals surface area (Å²) < 4.78 is 5.51. The molecule has 0 amide bonds. The molecule has 0 aliphatic heterocycles. The quantitative estimate of drug-likeness (QED) is 0.888. The first-order valence-electron chi connectivity index (χ1n) is 6.24. The van der Waals surface area contributed by atoms with Crippen LogP contribution in [-0.4, -0.2) is 23.2 Å². The van der Waals surface area contributed by atoms with Crippen molar-refractivity contribution in [2.24, 2.45) is 5.41 Å². The van der Waals surface area contributed by atoms with Crippen molar-refractivity contribution in [3.63, 3.8) is 0 Å². The van der Waals surface area contributed by atoms with Crippen molar-refractivity contribution >= 4 is 16.9 Å². The van der Waals surface area contributed by atoms with Gasteiger partial charge in [-0.25, -0.2) is 0 Å². The van der Waals surface area contributed by atoms with Gasteiger partial charge in [0.1, 0.15) is 5.75 Å². The molecule has 0 aliphatic rings. The Morgan fingerprint density at radius 2 is 2.11 bits per heavy atom. The van der Waals surface area contributed by atoms with Crippen molar-refractivity contribution in [2.75, 3.05) is 7.11 Å². The summed E-state index contributed by atoms with van der Waals surface area (Å²) in [6.07, 6.45) is 2.37. The number of H-pyrrole nitrogens is 1. The highest BCUT2D eigenvalue weighted by atomic mass is 16.5. The van der Waals surface area contributed by atoms with Crippen LogP contribution in [0.1, 0.15) is 25.0 Å². The van der Waals surface area contributed by atoms with E-state index in [1.807, 2.05) is 25.3 Å². The highest BCUT2D eigenvalue weighted by Gasteiger charge is 2.29. The Labute approximate surface area is 112 Å². The Kier molecular flexibility index (Phi) is 3.27. The number of hydrogen-bond acceptors (Lipinski definition) is 2. The zero-order valence-electron chi connectivity index (χ0n) is 11.7. The van der Waals surface area contributed by atoms with E-state index in [0.717, 1.165) is 27.8 Å². The van der Waals surface area contributed by atoms with E-state index in [2.05, 4.69) is 4.98 Å². The lowest BCUT2D eigenvalue weighted by Gasteiger charge is -2.21. The highest BCUT2D eigenvalue weighted by Crippen LogP contribution is 2.35. The molecule has 4 heteroatoms. The van der Waals surface area contributed by atoms with Crippen molar-refractivity contribution in [1.82, 2.24) is 4.98 Å². The number of carboxylic acid groups (broad SMARTS) is 1. The summed E-state index contributed by atoms with van der Waals surface area (Å²) in [5.74, 6) is -0.0361. The fourth-order valence-electron chi connectivity index (χ4n) is 2.32. The lowest BCUT2D eigenvalue weighted by molar-refractivity contribution is -0.146. The number of methoxy groups -OCH3 is 1. The number of ether oxygens (including phenoxy) is 1. The van der Waals surface area contributed by atoms with Crippen LogP contribution in [0, 0.1) is 12.3 Å². The molecule has 4 nitrogen and oxygen atoms in total. The minimum atomic E-state index is -0.814. The maximum atomic E-state index is 11.3. The van der Waals surface area contributed by atoms with E-state index in [-0.39, 0.29) is 0 Å². The third-order valence-corrected chi connectivity index (χ3v) is 3.49.